The summed E-state index contributed by atoms with van der Waals surface area (Å²) in [5, 5.41) is 6.26. The zero-order valence-corrected chi connectivity index (χ0v) is 13.7. The van der Waals surface area contributed by atoms with E-state index in [0.717, 1.165) is 12.2 Å². The highest BCUT2D eigenvalue weighted by atomic mass is 19.4. The number of furan rings is 1. The molecule has 7 heteroatoms. The summed E-state index contributed by atoms with van der Waals surface area (Å²) in [5.74, 6) is 1.94. The van der Waals surface area contributed by atoms with Gasteiger partial charge in [-0.15, -0.1) is 0 Å². The first-order valence-corrected chi connectivity index (χ1v) is 7.98. The van der Waals surface area contributed by atoms with E-state index >= 15 is 0 Å². The number of hydrogen-bond acceptors (Lipinski definition) is 2. The number of unbranched alkanes of at least 4 members (excludes halogenated alkanes) is 1. The average molecular weight is 333 g/mol. The summed E-state index contributed by atoms with van der Waals surface area (Å²) in [7, 11) is 0. The van der Waals surface area contributed by atoms with E-state index in [2.05, 4.69) is 29.5 Å². The molecule has 0 amide bonds. The number of guanidine groups is 1. The Balaban J connectivity index is 2.29. The Kier molecular flexibility index (Phi) is 8.58. The maximum absolute atomic E-state index is 12.1. The van der Waals surface area contributed by atoms with Crippen molar-refractivity contribution in [2.75, 3.05) is 19.6 Å². The second kappa shape index (κ2) is 10.2. The zero-order valence-electron chi connectivity index (χ0n) is 13.7. The van der Waals surface area contributed by atoms with Crippen molar-refractivity contribution in [1.82, 2.24) is 10.6 Å². The molecule has 1 aromatic rings. The van der Waals surface area contributed by atoms with Gasteiger partial charge in [-0.2, -0.15) is 13.2 Å². The first-order valence-electron chi connectivity index (χ1n) is 7.98. The Hall–Kier alpha value is -1.66. The van der Waals surface area contributed by atoms with Crippen LogP contribution in [0.3, 0.4) is 0 Å². The van der Waals surface area contributed by atoms with Gasteiger partial charge in [-0.25, -0.2) is 0 Å². The third-order valence-corrected chi connectivity index (χ3v) is 3.04. The van der Waals surface area contributed by atoms with Crippen molar-refractivity contribution in [2.24, 2.45) is 10.9 Å². The quantitative estimate of drug-likeness (QED) is 0.411. The second-order valence-corrected chi connectivity index (χ2v) is 5.84. The number of nitrogens with one attached hydrogen (secondary N) is 2. The molecule has 0 bridgehead atoms. The van der Waals surface area contributed by atoms with E-state index in [1.54, 1.807) is 6.26 Å². The molecule has 0 radical (unpaired) electrons. The molecule has 23 heavy (non-hydrogen) atoms. The van der Waals surface area contributed by atoms with Gasteiger partial charge in [-0.3, -0.25) is 4.99 Å². The topological polar surface area (TPSA) is 49.6 Å². The van der Waals surface area contributed by atoms with E-state index in [1.807, 2.05) is 12.1 Å². The highest BCUT2D eigenvalue weighted by Crippen LogP contribution is 2.21. The van der Waals surface area contributed by atoms with Gasteiger partial charge < -0.3 is 15.1 Å². The first-order chi connectivity index (χ1) is 10.9. The zero-order chi connectivity index (χ0) is 17.1. The number of halogens is 3. The van der Waals surface area contributed by atoms with E-state index in [9.17, 15) is 13.2 Å². The molecule has 1 aromatic heterocycles. The molecule has 0 aromatic carbocycles. The van der Waals surface area contributed by atoms with Gasteiger partial charge in [0, 0.05) is 32.5 Å². The van der Waals surface area contributed by atoms with Gasteiger partial charge in [0.1, 0.15) is 5.76 Å². The Morgan fingerprint density at radius 1 is 1.22 bits per heavy atom. The lowest BCUT2D eigenvalue weighted by atomic mass is 10.2. The van der Waals surface area contributed by atoms with E-state index in [-0.39, 0.29) is 6.42 Å². The Labute approximate surface area is 135 Å². The van der Waals surface area contributed by atoms with Crippen molar-refractivity contribution in [3.63, 3.8) is 0 Å². The summed E-state index contributed by atoms with van der Waals surface area (Å²) in [6, 6.07) is 3.74. The minimum absolute atomic E-state index is 0.125. The molecule has 0 atom stereocenters. The maximum atomic E-state index is 12.1. The standard InChI is InChI=1S/C16H26F3N3O/c1-13(2)12-22-15(20-9-4-3-8-16(17,18)19)21-10-7-14-6-5-11-23-14/h5-6,11,13H,3-4,7-10,12H2,1-2H3,(H2,20,21,22). The molecular weight excluding hydrogens is 307 g/mol. The fourth-order valence-electron chi connectivity index (χ4n) is 1.86. The largest absolute Gasteiger partial charge is 0.469 e. The number of nitrogens with zero attached hydrogens (tertiary/aromatic N) is 1. The molecule has 0 spiro atoms. The van der Waals surface area contributed by atoms with Gasteiger partial charge in [0.2, 0.25) is 0 Å². The molecule has 0 unspecified atom stereocenters. The predicted molar refractivity (Wildman–Crippen MR) is 85.5 cm³/mol. The van der Waals surface area contributed by atoms with Gasteiger partial charge in [0.25, 0.3) is 0 Å². The van der Waals surface area contributed by atoms with Crippen molar-refractivity contribution < 1.29 is 17.6 Å². The van der Waals surface area contributed by atoms with Gasteiger partial charge >= 0.3 is 6.18 Å². The SMILES string of the molecule is CC(C)CN=C(NCCCCC(F)(F)F)NCCc1ccco1. The summed E-state index contributed by atoms with van der Waals surface area (Å²) in [6.45, 7) is 5.92. The van der Waals surface area contributed by atoms with Crippen LogP contribution in [0.15, 0.2) is 27.8 Å². The van der Waals surface area contributed by atoms with Crippen molar-refractivity contribution in [3.8, 4) is 0 Å². The molecule has 0 aliphatic carbocycles. The molecule has 1 rings (SSSR count). The smallest absolute Gasteiger partial charge is 0.389 e. The third kappa shape index (κ3) is 10.7. The lowest BCUT2D eigenvalue weighted by molar-refractivity contribution is -0.135. The summed E-state index contributed by atoms with van der Waals surface area (Å²) >= 11 is 0. The number of aliphatic imine (C=N–C) groups is 1. The van der Waals surface area contributed by atoms with E-state index in [1.165, 1.54) is 0 Å². The van der Waals surface area contributed by atoms with Crippen molar-refractivity contribution in [2.45, 2.75) is 45.7 Å². The number of alkyl halides is 3. The van der Waals surface area contributed by atoms with Crippen LogP contribution in [-0.2, 0) is 6.42 Å². The molecule has 1 heterocycles. The van der Waals surface area contributed by atoms with Crippen LogP contribution in [0, 0.1) is 5.92 Å². The minimum Gasteiger partial charge on any atom is -0.469 e. The van der Waals surface area contributed by atoms with Crippen LogP contribution in [0.2, 0.25) is 0 Å². The monoisotopic (exact) mass is 333 g/mol. The molecule has 0 saturated carbocycles. The van der Waals surface area contributed by atoms with Crippen LogP contribution in [0.25, 0.3) is 0 Å². The third-order valence-electron chi connectivity index (χ3n) is 3.04. The van der Waals surface area contributed by atoms with Crippen molar-refractivity contribution in [1.29, 1.82) is 0 Å². The van der Waals surface area contributed by atoms with Gasteiger partial charge in [-0.1, -0.05) is 13.8 Å². The first kappa shape index (κ1) is 19.4. The van der Waals surface area contributed by atoms with Crippen LogP contribution in [-0.4, -0.2) is 31.8 Å². The number of hydrogen-bond donors (Lipinski definition) is 2. The van der Waals surface area contributed by atoms with Crippen LogP contribution in [0.4, 0.5) is 13.2 Å². The predicted octanol–water partition coefficient (Wildman–Crippen LogP) is 3.75. The lowest BCUT2D eigenvalue weighted by Crippen LogP contribution is -2.39. The van der Waals surface area contributed by atoms with E-state index < -0.39 is 12.6 Å². The van der Waals surface area contributed by atoms with Crippen molar-refractivity contribution in [3.05, 3.63) is 24.2 Å². The molecular formula is C16H26F3N3O. The van der Waals surface area contributed by atoms with Gasteiger partial charge in [-0.05, 0) is 30.9 Å². The fraction of sp³-hybridized carbons (Fsp3) is 0.688. The second-order valence-electron chi connectivity index (χ2n) is 5.84. The fourth-order valence-corrected chi connectivity index (χ4v) is 1.86. The Morgan fingerprint density at radius 2 is 1.96 bits per heavy atom. The summed E-state index contributed by atoms with van der Waals surface area (Å²) in [5.41, 5.74) is 0. The summed E-state index contributed by atoms with van der Waals surface area (Å²) < 4.78 is 41.5. The lowest BCUT2D eigenvalue weighted by Gasteiger charge is -2.13. The maximum Gasteiger partial charge on any atom is 0.389 e. The van der Waals surface area contributed by atoms with Crippen LogP contribution >= 0.6 is 0 Å². The highest BCUT2D eigenvalue weighted by molar-refractivity contribution is 5.79. The molecule has 2 N–H and O–H groups in total. The average Bonchev–Trinajstić information content (AvgIpc) is 2.95. The van der Waals surface area contributed by atoms with Gasteiger partial charge in [0.15, 0.2) is 5.96 Å². The normalized spacial score (nSPS) is 12.7. The summed E-state index contributed by atoms with van der Waals surface area (Å²) in [6.07, 6.45) is -1.87. The molecule has 0 aliphatic rings. The molecule has 0 aliphatic heterocycles. The van der Waals surface area contributed by atoms with Crippen LogP contribution in [0.1, 0.15) is 38.9 Å². The van der Waals surface area contributed by atoms with Crippen molar-refractivity contribution >= 4 is 5.96 Å². The minimum atomic E-state index is -4.07. The highest BCUT2D eigenvalue weighted by Gasteiger charge is 2.25. The Bertz CT molecular complexity index is 442. The molecule has 4 nitrogen and oxygen atoms in total. The number of rotatable bonds is 9. The van der Waals surface area contributed by atoms with Crippen LogP contribution < -0.4 is 10.6 Å². The Morgan fingerprint density at radius 3 is 2.57 bits per heavy atom. The molecule has 0 saturated heterocycles. The van der Waals surface area contributed by atoms with Gasteiger partial charge in [0.05, 0.1) is 6.26 Å². The molecule has 0 fully saturated rings. The van der Waals surface area contributed by atoms with E-state index in [4.69, 9.17) is 4.42 Å². The molecule has 132 valence electrons. The van der Waals surface area contributed by atoms with E-state index in [0.29, 0.717) is 37.9 Å². The van der Waals surface area contributed by atoms with Crippen LogP contribution in [0.5, 0.6) is 0 Å². The summed E-state index contributed by atoms with van der Waals surface area (Å²) in [4.78, 5) is 4.43.